The number of nitrogens with two attached hydrogens (primary N) is 1. The number of nitriles is 1. The van der Waals surface area contributed by atoms with E-state index >= 15 is 0 Å². The smallest absolute Gasteiger partial charge is 0.0994 e. The van der Waals surface area contributed by atoms with Gasteiger partial charge in [-0.3, -0.25) is 0 Å². The van der Waals surface area contributed by atoms with E-state index in [0.29, 0.717) is 5.56 Å². The molecule has 0 saturated heterocycles. The molecule has 0 radical (unpaired) electrons. The minimum absolute atomic E-state index is 0.138. The van der Waals surface area contributed by atoms with Gasteiger partial charge in [0.05, 0.1) is 23.8 Å². The number of aryl methyl sites for hydroxylation is 1. The summed E-state index contributed by atoms with van der Waals surface area (Å²) in [6.07, 6.45) is 0. The first-order valence-electron chi connectivity index (χ1n) is 4.42. The third-order valence-corrected chi connectivity index (χ3v) is 2.35. The van der Waals surface area contributed by atoms with Crippen molar-refractivity contribution in [1.82, 2.24) is 0 Å². The lowest BCUT2D eigenvalue weighted by molar-refractivity contribution is 0.210. The van der Waals surface area contributed by atoms with Crippen LogP contribution in [0.25, 0.3) is 0 Å². The monoisotopic (exact) mass is 190 g/mol. The zero-order valence-electron chi connectivity index (χ0n) is 8.41. The molecule has 74 valence electrons. The van der Waals surface area contributed by atoms with Gasteiger partial charge in [-0.05, 0) is 31.0 Å². The zero-order valence-corrected chi connectivity index (χ0v) is 8.41. The average molecular weight is 190 g/mol. The lowest BCUT2D eigenvalue weighted by Gasteiger charge is -2.22. The molecule has 0 unspecified atom stereocenters. The van der Waals surface area contributed by atoms with Gasteiger partial charge in [0.2, 0.25) is 0 Å². The van der Waals surface area contributed by atoms with E-state index in [1.807, 2.05) is 19.1 Å². The van der Waals surface area contributed by atoms with Gasteiger partial charge in [0, 0.05) is 0 Å². The second-order valence-electron chi connectivity index (χ2n) is 3.72. The summed E-state index contributed by atoms with van der Waals surface area (Å²) in [5.41, 5.74) is 7.38. The molecule has 14 heavy (non-hydrogen) atoms. The lowest BCUT2D eigenvalue weighted by atomic mass is 9.91. The van der Waals surface area contributed by atoms with Crippen LogP contribution in [0.4, 0.5) is 0 Å². The Morgan fingerprint density at radius 1 is 1.57 bits per heavy atom. The lowest BCUT2D eigenvalue weighted by Crippen LogP contribution is -2.36. The topological polar surface area (TPSA) is 70.0 Å². The maximum absolute atomic E-state index is 9.07. The zero-order chi connectivity index (χ0) is 10.8. The Labute approximate surface area is 83.8 Å². The van der Waals surface area contributed by atoms with Crippen molar-refractivity contribution in [1.29, 1.82) is 5.26 Å². The second kappa shape index (κ2) is 3.79. The van der Waals surface area contributed by atoms with Crippen LogP contribution >= 0.6 is 0 Å². The first-order chi connectivity index (χ1) is 6.51. The summed E-state index contributed by atoms with van der Waals surface area (Å²) in [5, 5.41) is 17.9. The van der Waals surface area contributed by atoms with Gasteiger partial charge >= 0.3 is 0 Å². The van der Waals surface area contributed by atoms with Crippen LogP contribution in [0, 0.1) is 18.3 Å². The molecule has 1 rings (SSSR count). The van der Waals surface area contributed by atoms with E-state index in [2.05, 4.69) is 6.07 Å². The average Bonchev–Trinajstić information content (AvgIpc) is 2.18. The second-order valence-corrected chi connectivity index (χ2v) is 3.72. The summed E-state index contributed by atoms with van der Waals surface area (Å²) in [6.45, 7) is 3.47. The van der Waals surface area contributed by atoms with Gasteiger partial charge in [-0.25, -0.2) is 0 Å². The molecule has 1 aromatic rings. The third-order valence-electron chi connectivity index (χ3n) is 2.35. The van der Waals surface area contributed by atoms with Crippen molar-refractivity contribution in [3.63, 3.8) is 0 Å². The van der Waals surface area contributed by atoms with Crippen molar-refractivity contribution in [3.8, 4) is 6.07 Å². The van der Waals surface area contributed by atoms with E-state index in [4.69, 9.17) is 16.1 Å². The van der Waals surface area contributed by atoms with Crippen molar-refractivity contribution in [2.24, 2.45) is 5.73 Å². The molecule has 3 N–H and O–H groups in total. The van der Waals surface area contributed by atoms with Crippen LogP contribution in [0.1, 0.15) is 23.6 Å². The highest BCUT2D eigenvalue weighted by molar-refractivity contribution is 5.41. The van der Waals surface area contributed by atoms with Gasteiger partial charge in [-0.1, -0.05) is 12.1 Å². The van der Waals surface area contributed by atoms with Gasteiger partial charge in [-0.2, -0.15) is 5.26 Å². The standard InChI is InChI=1S/C11H14N2O/c1-8-3-4-10(5-9(8)6-12)11(2,13)7-14/h3-5,14H,7,13H2,1-2H3/t11-/m0/s1. The Bertz CT molecular complexity index is 377. The maximum Gasteiger partial charge on any atom is 0.0994 e. The van der Waals surface area contributed by atoms with Crippen molar-refractivity contribution in [2.75, 3.05) is 6.61 Å². The number of nitrogens with zero attached hydrogens (tertiary/aromatic N) is 1. The van der Waals surface area contributed by atoms with Crippen LogP contribution in [0.5, 0.6) is 0 Å². The number of aliphatic hydroxyl groups is 1. The fourth-order valence-corrected chi connectivity index (χ4v) is 1.19. The number of aliphatic hydroxyl groups excluding tert-OH is 1. The van der Waals surface area contributed by atoms with Crippen LogP contribution in [0.2, 0.25) is 0 Å². The largest absolute Gasteiger partial charge is 0.394 e. The molecule has 1 atom stereocenters. The van der Waals surface area contributed by atoms with Crippen molar-refractivity contribution in [3.05, 3.63) is 34.9 Å². The highest BCUT2D eigenvalue weighted by Crippen LogP contribution is 2.19. The summed E-state index contributed by atoms with van der Waals surface area (Å²) < 4.78 is 0. The predicted molar refractivity (Wildman–Crippen MR) is 54.5 cm³/mol. The van der Waals surface area contributed by atoms with Crippen LogP contribution in [0.15, 0.2) is 18.2 Å². The SMILES string of the molecule is Cc1ccc([C@@](C)(N)CO)cc1C#N. The minimum Gasteiger partial charge on any atom is -0.394 e. The molecule has 0 aliphatic carbocycles. The molecular formula is C11H14N2O. The van der Waals surface area contributed by atoms with E-state index in [-0.39, 0.29) is 6.61 Å². The highest BCUT2D eigenvalue weighted by Gasteiger charge is 2.20. The summed E-state index contributed by atoms with van der Waals surface area (Å²) in [6, 6.07) is 7.50. The molecule has 0 bridgehead atoms. The van der Waals surface area contributed by atoms with Gasteiger partial charge < -0.3 is 10.8 Å². The molecule has 0 heterocycles. The van der Waals surface area contributed by atoms with Gasteiger partial charge in [0.15, 0.2) is 0 Å². The summed E-state index contributed by atoms with van der Waals surface area (Å²) in [7, 11) is 0. The fraction of sp³-hybridized carbons (Fsp3) is 0.364. The molecule has 3 heteroatoms. The molecule has 0 saturated carbocycles. The normalized spacial score (nSPS) is 14.5. The van der Waals surface area contributed by atoms with Crippen molar-refractivity contribution >= 4 is 0 Å². The van der Waals surface area contributed by atoms with E-state index in [9.17, 15) is 0 Å². The molecule has 0 fully saturated rings. The van der Waals surface area contributed by atoms with Gasteiger partial charge in [0.1, 0.15) is 0 Å². The molecule has 0 spiro atoms. The maximum atomic E-state index is 9.07. The molecule has 0 aromatic heterocycles. The molecule has 1 aromatic carbocycles. The molecule has 0 amide bonds. The van der Waals surface area contributed by atoms with Crippen LogP contribution in [-0.4, -0.2) is 11.7 Å². The number of benzene rings is 1. The Hall–Kier alpha value is -1.37. The Morgan fingerprint density at radius 2 is 2.21 bits per heavy atom. The number of rotatable bonds is 2. The summed E-state index contributed by atoms with van der Waals surface area (Å²) in [4.78, 5) is 0. The third kappa shape index (κ3) is 1.92. The molecule has 0 aliphatic rings. The summed E-state index contributed by atoms with van der Waals surface area (Å²) in [5.74, 6) is 0. The predicted octanol–water partition coefficient (Wildman–Crippen LogP) is 1.03. The van der Waals surface area contributed by atoms with Crippen LogP contribution in [-0.2, 0) is 5.54 Å². The first kappa shape index (κ1) is 10.7. The van der Waals surface area contributed by atoms with Crippen LogP contribution in [0.3, 0.4) is 0 Å². The highest BCUT2D eigenvalue weighted by atomic mass is 16.3. The number of hydrogen-bond donors (Lipinski definition) is 2. The van der Waals surface area contributed by atoms with Gasteiger partial charge in [0.25, 0.3) is 0 Å². The summed E-state index contributed by atoms with van der Waals surface area (Å²) >= 11 is 0. The Balaban J connectivity index is 3.21. The van der Waals surface area contributed by atoms with Crippen LogP contribution < -0.4 is 5.73 Å². The number of hydrogen-bond acceptors (Lipinski definition) is 3. The van der Waals surface area contributed by atoms with E-state index in [0.717, 1.165) is 11.1 Å². The molecular weight excluding hydrogens is 176 g/mol. The van der Waals surface area contributed by atoms with E-state index in [1.54, 1.807) is 13.0 Å². The van der Waals surface area contributed by atoms with Crippen molar-refractivity contribution < 1.29 is 5.11 Å². The Morgan fingerprint density at radius 3 is 2.71 bits per heavy atom. The fourth-order valence-electron chi connectivity index (χ4n) is 1.19. The van der Waals surface area contributed by atoms with E-state index in [1.165, 1.54) is 0 Å². The molecule has 0 aliphatic heterocycles. The van der Waals surface area contributed by atoms with E-state index < -0.39 is 5.54 Å². The minimum atomic E-state index is -0.778. The van der Waals surface area contributed by atoms with Gasteiger partial charge in [-0.15, -0.1) is 0 Å². The van der Waals surface area contributed by atoms with Crippen molar-refractivity contribution in [2.45, 2.75) is 19.4 Å². The quantitative estimate of drug-likeness (QED) is 0.731. The molecule has 3 nitrogen and oxygen atoms in total. The Kier molecular flexibility index (Phi) is 2.90. The first-order valence-corrected chi connectivity index (χ1v) is 4.42.